The van der Waals surface area contributed by atoms with Gasteiger partial charge in [0.25, 0.3) is 0 Å². The van der Waals surface area contributed by atoms with Gasteiger partial charge in [-0.2, -0.15) is 0 Å². The largest absolute Gasteiger partial charge is 0.333 e. The van der Waals surface area contributed by atoms with Gasteiger partial charge in [0.05, 0.1) is 6.54 Å². The molecule has 2 unspecified atom stereocenters. The molecule has 6 heteroatoms. The Hall–Kier alpha value is -1.43. The van der Waals surface area contributed by atoms with E-state index in [1.54, 1.807) is 0 Å². The Kier molecular flexibility index (Phi) is 3.90. The van der Waals surface area contributed by atoms with Crippen LogP contribution >= 0.6 is 0 Å². The van der Waals surface area contributed by atoms with Gasteiger partial charge < -0.3 is 15.2 Å². The number of nitrogens with zero attached hydrogens (tertiary/aromatic N) is 4. The highest BCUT2D eigenvalue weighted by Crippen LogP contribution is 2.47. The molecule has 2 heterocycles. The third kappa shape index (κ3) is 2.55. The number of rotatable bonds is 3. The second-order valence-corrected chi connectivity index (χ2v) is 8.49. The lowest BCUT2D eigenvalue weighted by molar-refractivity contribution is -0.137. The van der Waals surface area contributed by atoms with Crippen LogP contribution in [0.4, 0.5) is 0 Å². The Morgan fingerprint density at radius 2 is 2.00 bits per heavy atom. The van der Waals surface area contributed by atoms with Gasteiger partial charge in [0.1, 0.15) is 5.82 Å². The molecule has 2 atom stereocenters. The Morgan fingerprint density at radius 3 is 2.67 bits per heavy atom. The highest BCUT2D eigenvalue weighted by atomic mass is 16.2. The lowest BCUT2D eigenvalue weighted by Gasteiger charge is -2.50. The zero-order valence-corrected chi connectivity index (χ0v) is 14.9. The molecule has 0 aromatic carbocycles. The first-order valence-corrected chi connectivity index (χ1v) is 9.42. The van der Waals surface area contributed by atoms with Gasteiger partial charge >= 0.3 is 0 Å². The molecule has 2 fully saturated rings. The molecule has 0 saturated heterocycles. The summed E-state index contributed by atoms with van der Waals surface area (Å²) in [5.74, 6) is 3.35. The van der Waals surface area contributed by atoms with Crippen molar-refractivity contribution in [2.24, 2.45) is 17.1 Å². The first kappa shape index (κ1) is 16.1. The Bertz CT molecular complexity index is 631. The molecule has 1 aromatic rings. The minimum absolute atomic E-state index is 0.0844. The van der Waals surface area contributed by atoms with E-state index >= 15 is 0 Å². The zero-order valence-electron chi connectivity index (χ0n) is 14.9. The normalized spacial score (nSPS) is 29.4. The van der Waals surface area contributed by atoms with Crippen LogP contribution in [-0.2, 0) is 17.9 Å². The monoisotopic (exact) mass is 331 g/mol. The van der Waals surface area contributed by atoms with Crippen LogP contribution < -0.4 is 5.73 Å². The third-order valence-electron chi connectivity index (χ3n) is 6.82. The fourth-order valence-corrected chi connectivity index (χ4v) is 4.62. The molecular weight excluding hydrogens is 302 g/mol. The molecule has 1 amide bonds. The van der Waals surface area contributed by atoms with E-state index in [0.29, 0.717) is 24.8 Å². The van der Waals surface area contributed by atoms with Crippen molar-refractivity contribution in [1.82, 2.24) is 19.7 Å². The standard InChI is InChI=1S/C18H29N5O/c1-18(2)13(9-14(18)19)10-16(24)22-7-8-23-15(11-22)20-21-17(23)12-5-3-4-6-12/h12-14H,3-11,19H2,1-2H3. The minimum atomic E-state index is 0.0844. The van der Waals surface area contributed by atoms with Crippen molar-refractivity contribution in [2.45, 2.75) is 77.4 Å². The van der Waals surface area contributed by atoms with Gasteiger partial charge in [0.2, 0.25) is 5.91 Å². The summed E-state index contributed by atoms with van der Waals surface area (Å²) in [6.07, 6.45) is 6.65. The van der Waals surface area contributed by atoms with E-state index in [4.69, 9.17) is 5.73 Å². The highest BCUT2D eigenvalue weighted by molar-refractivity contribution is 5.76. The van der Waals surface area contributed by atoms with Crippen molar-refractivity contribution in [3.8, 4) is 0 Å². The fraction of sp³-hybridized carbons (Fsp3) is 0.833. The number of carbonyl (C=O) groups is 1. The van der Waals surface area contributed by atoms with Gasteiger partial charge in [-0.3, -0.25) is 4.79 Å². The van der Waals surface area contributed by atoms with E-state index in [2.05, 4.69) is 28.6 Å². The van der Waals surface area contributed by atoms with Crippen molar-refractivity contribution in [2.75, 3.05) is 6.54 Å². The predicted molar refractivity (Wildman–Crippen MR) is 91.1 cm³/mol. The van der Waals surface area contributed by atoms with E-state index in [9.17, 15) is 4.79 Å². The van der Waals surface area contributed by atoms with Crippen molar-refractivity contribution in [3.63, 3.8) is 0 Å². The lowest BCUT2D eigenvalue weighted by Crippen LogP contribution is -2.55. The number of nitrogens with two attached hydrogens (primary N) is 1. The van der Waals surface area contributed by atoms with Gasteiger partial charge in [-0.15, -0.1) is 10.2 Å². The lowest BCUT2D eigenvalue weighted by atomic mass is 9.58. The summed E-state index contributed by atoms with van der Waals surface area (Å²) in [7, 11) is 0. The predicted octanol–water partition coefficient (Wildman–Crippen LogP) is 2.04. The van der Waals surface area contributed by atoms with Crippen molar-refractivity contribution < 1.29 is 4.79 Å². The number of aromatic nitrogens is 3. The second-order valence-electron chi connectivity index (χ2n) is 8.49. The molecule has 24 heavy (non-hydrogen) atoms. The Balaban J connectivity index is 1.40. The number of carbonyl (C=O) groups excluding carboxylic acids is 1. The van der Waals surface area contributed by atoms with Crippen LogP contribution in [0, 0.1) is 11.3 Å². The molecule has 2 aliphatic carbocycles. The van der Waals surface area contributed by atoms with E-state index in [1.807, 2.05) is 4.90 Å². The van der Waals surface area contributed by atoms with Gasteiger partial charge in [-0.1, -0.05) is 26.7 Å². The maximum absolute atomic E-state index is 12.7. The van der Waals surface area contributed by atoms with Gasteiger partial charge in [-0.05, 0) is 30.6 Å². The van der Waals surface area contributed by atoms with Crippen molar-refractivity contribution in [3.05, 3.63) is 11.6 Å². The molecule has 4 rings (SSSR count). The summed E-state index contributed by atoms with van der Waals surface area (Å²) in [5.41, 5.74) is 6.16. The topological polar surface area (TPSA) is 77.0 Å². The molecule has 0 bridgehead atoms. The SMILES string of the molecule is CC1(C)C(N)CC1CC(=O)N1CCn2c(nnc2C2CCCC2)C1. The molecule has 0 radical (unpaired) electrons. The number of amides is 1. The van der Waals surface area contributed by atoms with Gasteiger partial charge in [0, 0.05) is 31.5 Å². The van der Waals surface area contributed by atoms with Crippen molar-refractivity contribution >= 4 is 5.91 Å². The molecule has 1 aliphatic heterocycles. The Morgan fingerprint density at radius 1 is 1.25 bits per heavy atom. The quantitative estimate of drug-likeness (QED) is 0.919. The van der Waals surface area contributed by atoms with Crippen LogP contribution in [-0.4, -0.2) is 38.2 Å². The van der Waals surface area contributed by atoms with E-state index in [1.165, 1.54) is 25.7 Å². The van der Waals surface area contributed by atoms with Gasteiger partial charge in [0.15, 0.2) is 5.82 Å². The second kappa shape index (κ2) is 5.83. The van der Waals surface area contributed by atoms with E-state index < -0.39 is 0 Å². The molecular formula is C18H29N5O. The summed E-state index contributed by atoms with van der Waals surface area (Å²) in [6, 6.07) is 0.230. The molecule has 3 aliphatic rings. The van der Waals surface area contributed by atoms with Crippen LogP contribution in [0.3, 0.4) is 0 Å². The number of hydrogen-bond donors (Lipinski definition) is 1. The number of fused-ring (bicyclic) bond motifs is 1. The molecule has 2 saturated carbocycles. The summed E-state index contributed by atoms with van der Waals surface area (Å²) in [6.45, 7) is 6.59. The Labute approximate surface area is 143 Å². The summed E-state index contributed by atoms with van der Waals surface area (Å²) >= 11 is 0. The van der Waals surface area contributed by atoms with E-state index in [0.717, 1.165) is 31.2 Å². The summed E-state index contributed by atoms with van der Waals surface area (Å²) in [5, 5.41) is 8.84. The molecule has 2 N–H and O–H groups in total. The van der Waals surface area contributed by atoms with Crippen LogP contribution in [0.5, 0.6) is 0 Å². The molecule has 132 valence electrons. The third-order valence-corrected chi connectivity index (χ3v) is 6.82. The summed E-state index contributed by atoms with van der Waals surface area (Å²) < 4.78 is 2.27. The summed E-state index contributed by atoms with van der Waals surface area (Å²) in [4.78, 5) is 14.7. The average molecular weight is 331 g/mol. The van der Waals surface area contributed by atoms with Crippen LogP contribution in [0.1, 0.15) is 69.9 Å². The minimum Gasteiger partial charge on any atom is -0.333 e. The molecule has 1 aromatic heterocycles. The van der Waals surface area contributed by atoms with Crippen molar-refractivity contribution in [1.29, 1.82) is 0 Å². The first-order chi connectivity index (χ1) is 11.5. The van der Waals surface area contributed by atoms with Crippen LogP contribution in [0.2, 0.25) is 0 Å². The van der Waals surface area contributed by atoms with Crippen LogP contribution in [0.15, 0.2) is 0 Å². The maximum Gasteiger partial charge on any atom is 0.223 e. The first-order valence-electron chi connectivity index (χ1n) is 9.42. The maximum atomic E-state index is 12.7. The highest BCUT2D eigenvalue weighted by Gasteiger charge is 2.47. The zero-order chi connectivity index (χ0) is 16.9. The smallest absolute Gasteiger partial charge is 0.223 e. The molecule has 0 spiro atoms. The number of hydrogen-bond acceptors (Lipinski definition) is 4. The molecule has 6 nitrogen and oxygen atoms in total. The van der Waals surface area contributed by atoms with E-state index in [-0.39, 0.29) is 17.4 Å². The van der Waals surface area contributed by atoms with Gasteiger partial charge in [-0.25, -0.2) is 0 Å². The van der Waals surface area contributed by atoms with Crippen LogP contribution in [0.25, 0.3) is 0 Å². The average Bonchev–Trinajstić information content (AvgIpc) is 3.22. The fourth-order valence-electron chi connectivity index (χ4n) is 4.62.